The van der Waals surface area contributed by atoms with Gasteiger partial charge in [0.15, 0.2) is 11.5 Å². The minimum atomic E-state index is -1.05. The predicted octanol–water partition coefficient (Wildman–Crippen LogP) is 2.36. The van der Waals surface area contributed by atoms with Crippen LogP contribution in [0.15, 0.2) is 17.2 Å². The summed E-state index contributed by atoms with van der Waals surface area (Å²) in [4.78, 5) is 3.85. The Morgan fingerprint density at radius 3 is 2.00 bits per heavy atom. The summed E-state index contributed by atoms with van der Waals surface area (Å²) in [6.07, 6.45) is 0.889. The van der Waals surface area contributed by atoms with Crippen LogP contribution in [0.3, 0.4) is 0 Å². The van der Waals surface area contributed by atoms with E-state index in [1.807, 2.05) is 0 Å². The van der Waals surface area contributed by atoms with Gasteiger partial charge in [-0.25, -0.2) is 4.98 Å². The largest absolute Gasteiger partial charge is 0.504 e. The Morgan fingerprint density at radius 2 is 1.45 bits per heavy atom. The zero-order valence-corrected chi connectivity index (χ0v) is 12.1. The third kappa shape index (κ3) is 3.02. The average Bonchev–Trinajstić information content (AvgIpc) is 2.46. The summed E-state index contributed by atoms with van der Waals surface area (Å²) in [6, 6.07) is 2.82. The van der Waals surface area contributed by atoms with E-state index in [1.165, 1.54) is 12.1 Å². The maximum atomic E-state index is 9.61. The van der Waals surface area contributed by atoms with E-state index in [-0.39, 0.29) is 11.0 Å². The Morgan fingerprint density at radius 1 is 0.909 bits per heavy atom. The number of hydrogen-bond acceptors (Lipinski definition) is 8. The Balaban J connectivity index is 2.31. The van der Waals surface area contributed by atoms with Gasteiger partial charge in [-0.2, -0.15) is 5.10 Å². The smallest absolute Gasteiger partial charge is 0.208 e. The van der Waals surface area contributed by atoms with E-state index >= 15 is 0 Å². The van der Waals surface area contributed by atoms with Crippen molar-refractivity contribution < 1.29 is 25.5 Å². The normalized spacial score (nSPS) is 11.0. The molecule has 2 rings (SSSR count). The second kappa shape index (κ2) is 6.04. The van der Waals surface area contributed by atoms with Gasteiger partial charge >= 0.3 is 0 Å². The van der Waals surface area contributed by atoms with E-state index in [4.69, 9.17) is 23.2 Å². The molecule has 6 N–H and O–H groups in total. The average molecular weight is 346 g/mol. The number of halogens is 2. The van der Waals surface area contributed by atoms with Gasteiger partial charge in [0.25, 0.3) is 0 Å². The molecule has 116 valence electrons. The summed E-state index contributed by atoms with van der Waals surface area (Å²) in [5.74, 6) is -4.60. The summed E-state index contributed by atoms with van der Waals surface area (Å²) < 4.78 is 0. The second-order valence-electron chi connectivity index (χ2n) is 4.02. The first-order valence-electron chi connectivity index (χ1n) is 5.62. The number of benzene rings is 1. The lowest BCUT2D eigenvalue weighted by atomic mass is 10.1. The number of pyridine rings is 1. The van der Waals surface area contributed by atoms with Crippen molar-refractivity contribution in [3.63, 3.8) is 0 Å². The highest BCUT2D eigenvalue weighted by Gasteiger charge is 2.21. The molecule has 0 spiro atoms. The molecule has 0 aliphatic heterocycles. The Labute approximate surface area is 133 Å². The first-order valence-corrected chi connectivity index (χ1v) is 6.37. The summed E-state index contributed by atoms with van der Waals surface area (Å²) >= 11 is 11.5. The van der Waals surface area contributed by atoms with E-state index in [2.05, 4.69) is 15.5 Å². The van der Waals surface area contributed by atoms with E-state index in [0.717, 1.165) is 6.21 Å². The SMILES string of the molecule is Oc1c(O)c(O)c(/C=N/Nc2cc(Cl)cc(Cl)n2)c(O)c1O. The van der Waals surface area contributed by atoms with Crippen LogP contribution >= 0.6 is 23.2 Å². The number of phenols is 5. The van der Waals surface area contributed by atoms with Gasteiger partial charge in [0.1, 0.15) is 11.0 Å². The third-order valence-corrected chi connectivity index (χ3v) is 2.95. The van der Waals surface area contributed by atoms with E-state index in [9.17, 15) is 25.5 Å². The van der Waals surface area contributed by atoms with Crippen LogP contribution in [-0.4, -0.2) is 36.7 Å². The van der Waals surface area contributed by atoms with Crippen molar-refractivity contribution in [2.24, 2.45) is 5.10 Å². The van der Waals surface area contributed by atoms with Gasteiger partial charge in [0, 0.05) is 11.1 Å². The van der Waals surface area contributed by atoms with Crippen LogP contribution in [0, 0.1) is 0 Å². The number of nitrogens with one attached hydrogen (secondary N) is 1. The van der Waals surface area contributed by atoms with Crippen molar-refractivity contribution in [1.29, 1.82) is 0 Å². The summed E-state index contributed by atoms with van der Waals surface area (Å²) in [7, 11) is 0. The van der Waals surface area contributed by atoms with Gasteiger partial charge in [-0.1, -0.05) is 23.2 Å². The lowest BCUT2D eigenvalue weighted by Crippen LogP contribution is -1.95. The molecule has 0 fully saturated rings. The number of anilines is 1. The van der Waals surface area contributed by atoms with Crippen LogP contribution < -0.4 is 5.43 Å². The molecular weight excluding hydrogens is 337 g/mol. The molecule has 0 bridgehead atoms. The van der Waals surface area contributed by atoms with Crippen LogP contribution in [0.25, 0.3) is 0 Å². The molecule has 8 nitrogen and oxygen atoms in total. The number of hydrogen-bond donors (Lipinski definition) is 6. The highest BCUT2D eigenvalue weighted by Crippen LogP contribution is 2.49. The molecule has 0 atom stereocenters. The maximum Gasteiger partial charge on any atom is 0.208 e. The topological polar surface area (TPSA) is 138 Å². The Hall–Kier alpha value is -2.58. The molecule has 0 aliphatic rings. The fourth-order valence-corrected chi connectivity index (χ4v) is 1.98. The monoisotopic (exact) mass is 345 g/mol. The van der Waals surface area contributed by atoms with Crippen LogP contribution in [-0.2, 0) is 0 Å². The summed E-state index contributed by atoms with van der Waals surface area (Å²) in [5, 5.41) is 51.3. The van der Waals surface area contributed by atoms with E-state index in [1.54, 1.807) is 0 Å². The molecule has 22 heavy (non-hydrogen) atoms. The van der Waals surface area contributed by atoms with Gasteiger partial charge in [-0.3, -0.25) is 5.43 Å². The highest BCUT2D eigenvalue weighted by atomic mass is 35.5. The fourth-order valence-electron chi connectivity index (χ4n) is 1.51. The van der Waals surface area contributed by atoms with Crippen molar-refractivity contribution >= 4 is 35.2 Å². The fraction of sp³-hybridized carbons (Fsp3) is 0. The number of aromatic nitrogens is 1. The van der Waals surface area contributed by atoms with Gasteiger partial charge in [0.05, 0.1) is 11.8 Å². The maximum absolute atomic E-state index is 9.61. The number of phenolic OH excluding ortho intramolecular Hbond substituents is 5. The molecule has 0 aliphatic carbocycles. The molecule has 0 amide bonds. The molecule has 10 heteroatoms. The molecule has 0 radical (unpaired) electrons. The van der Waals surface area contributed by atoms with Crippen LogP contribution in [0.4, 0.5) is 5.82 Å². The quantitative estimate of drug-likeness (QED) is 0.165. The minimum Gasteiger partial charge on any atom is -0.504 e. The molecule has 1 aromatic heterocycles. The Kier molecular flexibility index (Phi) is 4.34. The van der Waals surface area contributed by atoms with Crippen LogP contribution in [0.1, 0.15) is 5.56 Å². The van der Waals surface area contributed by atoms with Crippen molar-refractivity contribution in [3.05, 3.63) is 27.9 Å². The molecule has 1 heterocycles. The lowest BCUT2D eigenvalue weighted by Gasteiger charge is -2.09. The number of rotatable bonds is 3. The third-order valence-electron chi connectivity index (χ3n) is 2.54. The molecule has 0 unspecified atom stereocenters. The van der Waals surface area contributed by atoms with Crippen LogP contribution in [0.5, 0.6) is 28.7 Å². The first-order chi connectivity index (χ1) is 10.3. The predicted molar refractivity (Wildman–Crippen MR) is 80.2 cm³/mol. The van der Waals surface area contributed by atoms with Crippen molar-refractivity contribution in [3.8, 4) is 28.7 Å². The Bertz CT molecular complexity index is 718. The molecule has 1 aromatic carbocycles. The molecule has 2 aromatic rings. The molecular formula is C12H9Cl2N3O5. The molecule has 0 saturated heterocycles. The highest BCUT2D eigenvalue weighted by molar-refractivity contribution is 6.34. The summed E-state index contributed by atoms with van der Waals surface area (Å²) in [5.41, 5.74) is 2.00. The first kappa shape index (κ1) is 15.8. The van der Waals surface area contributed by atoms with Gasteiger partial charge in [-0.15, -0.1) is 0 Å². The zero-order chi connectivity index (χ0) is 16.4. The second-order valence-corrected chi connectivity index (χ2v) is 4.84. The van der Waals surface area contributed by atoms with E-state index < -0.39 is 34.3 Å². The van der Waals surface area contributed by atoms with Crippen LogP contribution in [0.2, 0.25) is 10.2 Å². The van der Waals surface area contributed by atoms with Gasteiger partial charge in [0.2, 0.25) is 17.2 Å². The van der Waals surface area contributed by atoms with E-state index in [0.29, 0.717) is 5.02 Å². The number of nitrogens with zero attached hydrogens (tertiary/aromatic N) is 2. The zero-order valence-electron chi connectivity index (χ0n) is 10.6. The summed E-state index contributed by atoms with van der Waals surface area (Å²) in [6.45, 7) is 0. The van der Waals surface area contributed by atoms with Gasteiger partial charge < -0.3 is 25.5 Å². The van der Waals surface area contributed by atoms with Gasteiger partial charge in [-0.05, 0) is 6.07 Å². The lowest BCUT2D eigenvalue weighted by molar-refractivity contribution is 0.328. The van der Waals surface area contributed by atoms with Crippen molar-refractivity contribution in [2.45, 2.75) is 0 Å². The number of hydrazone groups is 1. The number of aromatic hydroxyl groups is 5. The standard InChI is InChI=1S/C12H9Cl2N3O5/c13-4-1-6(14)16-7(2-4)17-15-3-5-8(18)10(20)12(22)11(21)9(5)19/h1-3,18-22H,(H,16,17)/b15-3+. The molecule has 0 saturated carbocycles. The van der Waals surface area contributed by atoms with Crippen molar-refractivity contribution in [1.82, 2.24) is 4.98 Å². The minimum absolute atomic E-state index is 0.121. The van der Waals surface area contributed by atoms with Crippen molar-refractivity contribution in [2.75, 3.05) is 5.43 Å².